The van der Waals surface area contributed by atoms with E-state index in [0.29, 0.717) is 22.3 Å². The SMILES string of the molecule is CCC1CN(C(=O)c2ccc(N)c(OC)c2)CCS1. The van der Waals surface area contributed by atoms with Gasteiger partial charge in [0.05, 0.1) is 12.8 Å². The van der Waals surface area contributed by atoms with Gasteiger partial charge in [-0.3, -0.25) is 4.79 Å². The Labute approximate surface area is 118 Å². The van der Waals surface area contributed by atoms with Crippen LogP contribution < -0.4 is 10.5 Å². The summed E-state index contributed by atoms with van der Waals surface area (Å²) < 4.78 is 5.17. The zero-order valence-corrected chi connectivity index (χ0v) is 12.2. The number of rotatable bonds is 3. The third kappa shape index (κ3) is 3.15. The minimum atomic E-state index is 0.0667. The Morgan fingerprint density at radius 1 is 1.58 bits per heavy atom. The lowest BCUT2D eigenvalue weighted by molar-refractivity contribution is 0.0760. The molecule has 1 aromatic carbocycles. The first kappa shape index (κ1) is 14.1. The van der Waals surface area contributed by atoms with Crippen molar-refractivity contribution >= 4 is 23.4 Å². The highest BCUT2D eigenvalue weighted by Crippen LogP contribution is 2.25. The van der Waals surface area contributed by atoms with E-state index in [2.05, 4.69) is 6.92 Å². The molecule has 104 valence electrons. The molecule has 0 aromatic heterocycles. The molecule has 1 aliphatic rings. The molecule has 0 saturated carbocycles. The molecule has 5 heteroatoms. The smallest absolute Gasteiger partial charge is 0.254 e. The van der Waals surface area contributed by atoms with Gasteiger partial charge in [-0.05, 0) is 24.6 Å². The van der Waals surface area contributed by atoms with Gasteiger partial charge in [0.25, 0.3) is 5.91 Å². The molecule has 1 unspecified atom stereocenters. The van der Waals surface area contributed by atoms with Crippen molar-refractivity contribution in [2.45, 2.75) is 18.6 Å². The van der Waals surface area contributed by atoms with E-state index >= 15 is 0 Å². The van der Waals surface area contributed by atoms with Gasteiger partial charge in [-0.25, -0.2) is 0 Å². The van der Waals surface area contributed by atoms with E-state index in [4.69, 9.17) is 10.5 Å². The van der Waals surface area contributed by atoms with Crippen LogP contribution in [0.2, 0.25) is 0 Å². The van der Waals surface area contributed by atoms with Crippen LogP contribution in [0.3, 0.4) is 0 Å². The quantitative estimate of drug-likeness (QED) is 0.863. The van der Waals surface area contributed by atoms with Crippen LogP contribution in [0.25, 0.3) is 0 Å². The molecule has 0 spiro atoms. The van der Waals surface area contributed by atoms with E-state index in [1.165, 1.54) is 0 Å². The van der Waals surface area contributed by atoms with Gasteiger partial charge in [0, 0.05) is 29.7 Å². The fraction of sp³-hybridized carbons (Fsp3) is 0.500. The summed E-state index contributed by atoms with van der Waals surface area (Å²) in [5.41, 5.74) is 6.97. The van der Waals surface area contributed by atoms with Crippen molar-refractivity contribution in [3.8, 4) is 5.75 Å². The molecule has 1 heterocycles. The van der Waals surface area contributed by atoms with Crippen molar-refractivity contribution in [2.75, 3.05) is 31.7 Å². The summed E-state index contributed by atoms with van der Waals surface area (Å²) in [7, 11) is 1.56. The number of anilines is 1. The molecule has 1 aliphatic heterocycles. The molecular weight excluding hydrogens is 260 g/mol. The van der Waals surface area contributed by atoms with Gasteiger partial charge in [0.15, 0.2) is 0 Å². The van der Waals surface area contributed by atoms with Crippen LogP contribution >= 0.6 is 11.8 Å². The maximum atomic E-state index is 12.5. The second kappa shape index (κ2) is 6.19. The van der Waals surface area contributed by atoms with Crippen LogP contribution in [-0.4, -0.2) is 42.0 Å². The molecular formula is C14H20N2O2S. The minimum Gasteiger partial charge on any atom is -0.495 e. The summed E-state index contributed by atoms with van der Waals surface area (Å²) in [6, 6.07) is 5.21. The predicted molar refractivity (Wildman–Crippen MR) is 79.8 cm³/mol. The first-order valence-corrected chi connectivity index (χ1v) is 7.55. The Morgan fingerprint density at radius 2 is 2.37 bits per heavy atom. The minimum absolute atomic E-state index is 0.0667. The molecule has 1 amide bonds. The Kier molecular flexibility index (Phi) is 4.58. The summed E-state index contributed by atoms with van der Waals surface area (Å²) in [5.74, 6) is 1.64. The normalized spacial score (nSPS) is 19.3. The number of ether oxygens (including phenoxy) is 1. The molecule has 1 fully saturated rings. The monoisotopic (exact) mass is 280 g/mol. The summed E-state index contributed by atoms with van der Waals surface area (Å²) in [6.07, 6.45) is 1.10. The van der Waals surface area contributed by atoms with Crippen molar-refractivity contribution in [1.82, 2.24) is 4.90 Å². The molecule has 0 radical (unpaired) electrons. The van der Waals surface area contributed by atoms with Crippen LogP contribution in [0.5, 0.6) is 5.75 Å². The molecule has 0 bridgehead atoms. The Bertz CT molecular complexity index is 465. The fourth-order valence-corrected chi connectivity index (χ4v) is 3.36. The highest BCUT2D eigenvalue weighted by Gasteiger charge is 2.24. The van der Waals surface area contributed by atoms with Gasteiger partial charge in [-0.2, -0.15) is 11.8 Å². The van der Waals surface area contributed by atoms with E-state index in [1.807, 2.05) is 16.7 Å². The number of nitrogen functional groups attached to an aromatic ring is 1. The van der Waals surface area contributed by atoms with Crippen molar-refractivity contribution in [2.24, 2.45) is 0 Å². The second-order valence-corrected chi connectivity index (χ2v) is 6.02. The van der Waals surface area contributed by atoms with Gasteiger partial charge < -0.3 is 15.4 Å². The lowest BCUT2D eigenvalue weighted by Gasteiger charge is -2.32. The van der Waals surface area contributed by atoms with Crippen molar-refractivity contribution < 1.29 is 9.53 Å². The number of carbonyl (C=O) groups excluding carboxylic acids is 1. The fourth-order valence-electron chi connectivity index (χ4n) is 2.18. The summed E-state index contributed by atoms with van der Waals surface area (Å²) in [6.45, 7) is 3.80. The van der Waals surface area contributed by atoms with Gasteiger partial charge in [0.2, 0.25) is 0 Å². The average Bonchev–Trinajstić information content (AvgIpc) is 2.47. The number of hydrogen-bond acceptors (Lipinski definition) is 4. The highest BCUT2D eigenvalue weighted by molar-refractivity contribution is 8.00. The highest BCUT2D eigenvalue weighted by atomic mass is 32.2. The maximum absolute atomic E-state index is 12.5. The van der Waals surface area contributed by atoms with E-state index in [0.717, 1.165) is 25.3 Å². The van der Waals surface area contributed by atoms with E-state index < -0.39 is 0 Å². The largest absolute Gasteiger partial charge is 0.495 e. The average molecular weight is 280 g/mol. The number of thioether (sulfide) groups is 1. The summed E-state index contributed by atoms with van der Waals surface area (Å²) in [5, 5.41) is 0.549. The zero-order chi connectivity index (χ0) is 13.8. The number of nitrogens with zero attached hydrogens (tertiary/aromatic N) is 1. The third-order valence-corrected chi connectivity index (χ3v) is 4.73. The van der Waals surface area contributed by atoms with E-state index in [1.54, 1.807) is 25.3 Å². The summed E-state index contributed by atoms with van der Waals surface area (Å²) in [4.78, 5) is 14.4. The van der Waals surface area contributed by atoms with E-state index in [-0.39, 0.29) is 5.91 Å². The molecule has 1 atom stereocenters. The Morgan fingerprint density at radius 3 is 3.05 bits per heavy atom. The second-order valence-electron chi connectivity index (χ2n) is 4.61. The van der Waals surface area contributed by atoms with Gasteiger partial charge in [-0.1, -0.05) is 6.92 Å². The number of nitrogens with two attached hydrogens (primary N) is 1. The van der Waals surface area contributed by atoms with Crippen LogP contribution in [0.1, 0.15) is 23.7 Å². The number of carbonyl (C=O) groups is 1. The maximum Gasteiger partial charge on any atom is 0.254 e. The molecule has 1 aromatic rings. The van der Waals surface area contributed by atoms with Crippen LogP contribution in [0.4, 0.5) is 5.69 Å². The lowest BCUT2D eigenvalue weighted by atomic mass is 10.1. The van der Waals surface area contributed by atoms with Crippen molar-refractivity contribution in [3.05, 3.63) is 23.8 Å². The molecule has 19 heavy (non-hydrogen) atoms. The van der Waals surface area contributed by atoms with Crippen molar-refractivity contribution in [1.29, 1.82) is 0 Å². The van der Waals surface area contributed by atoms with Crippen molar-refractivity contribution in [3.63, 3.8) is 0 Å². The number of methoxy groups -OCH3 is 1. The number of benzene rings is 1. The lowest BCUT2D eigenvalue weighted by Crippen LogP contribution is -2.41. The van der Waals surface area contributed by atoms with Gasteiger partial charge in [-0.15, -0.1) is 0 Å². The van der Waals surface area contributed by atoms with Gasteiger partial charge in [0.1, 0.15) is 5.75 Å². The molecule has 2 rings (SSSR count). The Hall–Kier alpha value is -1.36. The molecule has 1 saturated heterocycles. The molecule has 0 aliphatic carbocycles. The first-order valence-electron chi connectivity index (χ1n) is 6.50. The standard InChI is InChI=1S/C14H20N2O2S/c1-3-11-9-16(6-7-19-11)14(17)10-4-5-12(15)13(8-10)18-2/h4-5,8,11H,3,6-7,9,15H2,1-2H3. The predicted octanol–water partition coefficient (Wildman–Crippen LogP) is 2.25. The van der Waals surface area contributed by atoms with Gasteiger partial charge >= 0.3 is 0 Å². The van der Waals surface area contributed by atoms with E-state index in [9.17, 15) is 4.79 Å². The zero-order valence-electron chi connectivity index (χ0n) is 11.4. The molecule has 4 nitrogen and oxygen atoms in total. The number of hydrogen-bond donors (Lipinski definition) is 1. The Balaban J connectivity index is 2.14. The molecule has 2 N–H and O–H groups in total. The van der Waals surface area contributed by atoms with Crippen LogP contribution in [0.15, 0.2) is 18.2 Å². The first-order chi connectivity index (χ1) is 9.15. The topological polar surface area (TPSA) is 55.6 Å². The van der Waals surface area contributed by atoms with Crippen LogP contribution in [0, 0.1) is 0 Å². The third-order valence-electron chi connectivity index (χ3n) is 3.36. The number of amides is 1. The summed E-state index contributed by atoms with van der Waals surface area (Å²) >= 11 is 1.95. The van der Waals surface area contributed by atoms with Crippen LogP contribution in [-0.2, 0) is 0 Å².